The van der Waals surface area contributed by atoms with Gasteiger partial charge in [0, 0.05) is 46.3 Å². The lowest BCUT2D eigenvalue weighted by molar-refractivity contribution is 0.143. The summed E-state index contributed by atoms with van der Waals surface area (Å²) in [5.41, 5.74) is 0. The first-order chi connectivity index (χ1) is 8.83. The van der Waals surface area contributed by atoms with Crippen molar-refractivity contribution in [2.45, 2.75) is 19.8 Å². The molecule has 0 unspecified atom stereocenters. The maximum Gasteiger partial charge on any atom is 0.318 e. The van der Waals surface area contributed by atoms with Gasteiger partial charge in [0.15, 0.2) is 0 Å². The van der Waals surface area contributed by atoms with E-state index in [1.54, 1.807) is 7.11 Å². The third-order valence-electron chi connectivity index (χ3n) is 3.17. The van der Waals surface area contributed by atoms with Crippen molar-refractivity contribution in [2.75, 3.05) is 51.3 Å². The van der Waals surface area contributed by atoms with Crippen molar-refractivity contribution in [3.8, 4) is 0 Å². The maximum atomic E-state index is 5.64. The molecule has 2 rings (SSSR count). The van der Waals surface area contributed by atoms with Crippen LogP contribution < -0.4 is 4.90 Å². The molecule has 0 saturated carbocycles. The predicted molar refractivity (Wildman–Crippen MR) is 68.8 cm³/mol. The van der Waals surface area contributed by atoms with Gasteiger partial charge in [-0.1, -0.05) is 12.0 Å². The fourth-order valence-corrected chi connectivity index (χ4v) is 2.07. The highest BCUT2D eigenvalue weighted by Crippen LogP contribution is 2.15. The number of methoxy groups -OCH3 is 1. The maximum absolute atomic E-state index is 5.64. The number of aryl methyl sites for hydroxylation is 1. The smallest absolute Gasteiger partial charge is 0.318 e. The summed E-state index contributed by atoms with van der Waals surface area (Å²) in [5, 5.41) is 8.17. The van der Waals surface area contributed by atoms with Gasteiger partial charge < -0.3 is 14.1 Å². The van der Waals surface area contributed by atoms with Gasteiger partial charge in [0.2, 0.25) is 5.89 Å². The zero-order chi connectivity index (χ0) is 12.8. The molecule has 0 spiro atoms. The second-order valence-electron chi connectivity index (χ2n) is 4.55. The van der Waals surface area contributed by atoms with Crippen LogP contribution in [0.25, 0.3) is 0 Å². The second-order valence-corrected chi connectivity index (χ2v) is 4.55. The molecule has 1 aromatic rings. The highest BCUT2D eigenvalue weighted by Gasteiger charge is 2.20. The van der Waals surface area contributed by atoms with E-state index in [4.69, 9.17) is 9.15 Å². The van der Waals surface area contributed by atoms with E-state index in [2.05, 4.69) is 26.9 Å². The van der Waals surface area contributed by atoms with Crippen molar-refractivity contribution in [3.05, 3.63) is 5.89 Å². The molecular formula is C12H22N4O2. The topological polar surface area (TPSA) is 54.6 Å². The molecule has 0 amide bonds. The fraction of sp³-hybridized carbons (Fsp3) is 0.833. The van der Waals surface area contributed by atoms with Crippen molar-refractivity contribution in [1.82, 2.24) is 15.1 Å². The Hall–Kier alpha value is -1.14. The molecule has 102 valence electrons. The Kier molecular flexibility index (Phi) is 4.95. The molecule has 1 aliphatic heterocycles. The number of hydrogen-bond donors (Lipinski definition) is 0. The minimum absolute atomic E-state index is 0.671. The standard InChI is InChI=1S/C12H22N4O2/c1-3-4-11-13-14-12(18-11)16-7-5-15(6-8-16)9-10-17-2/h3-10H2,1-2H3. The lowest BCUT2D eigenvalue weighted by atomic mass is 10.3. The molecule has 0 atom stereocenters. The summed E-state index contributed by atoms with van der Waals surface area (Å²) in [7, 11) is 1.74. The Morgan fingerprint density at radius 3 is 2.67 bits per heavy atom. The van der Waals surface area contributed by atoms with E-state index in [0.717, 1.165) is 58.1 Å². The fourth-order valence-electron chi connectivity index (χ4n) is 2.07. The van der Waals surface area contributed by atoms with Gasteiger partial charge in [-0.2, -0.15) is 0 Å². The summed E-state index contributed by atoms with van der Waals surface area (Å²) in [6.07, 6.45) is 1.90. The molecular weight excluding hydrogens is 232 g/mol. The molecule has 0 N–H and O–H groups in total. The Labute approximate surface area is 108 Å². The van der Waals surface area contributed by atoms with Crippen LogP contribution in [-0.2, 0) is 11.2 Å². The van der Waals surface area contributed by atoms with Crippen LogP contribution in [0.4, 0.5) is 6.01 Å². The van der Waals surface area contributed by atoms with Crippen molar-refractivity contribution in [2.24, 2.45) is 0 Å². The third kappa shape index (κ3) is 3.43. The van der Waals surface area contributed by atoms with Crippen LogP contribution in [0.5, 0.6) is 0 Å². The number of ether oxygens (including phenoxy) is 1. The van der Waals surface area contributed by atoms with Gasteiger partial charge in [-0.3, -0.25) is 4.90 Å². The number of hydrogen-bond acceptors (Lipinski definition) is 6. The second kappa shape index (κ2) is 6.70. The molecule has 1 saturated heterocycles. The van der Waals surface area contributed by atoms with Gasteiger partial charge in [0.1, 0.15) is 0 Å². The molecule has 0 aromatic carbocycles. The molecule has 6 heteroatoms. The third-order valence-corrected chi connectivity index (χ3v) is 3.17. The van der Waals surface area contributed by atoms with Crippen LogP contribution in [0.3, 0.4) is 0 Å². The first-order valence-corrected chi connectivity index (χ1v) is 6.62. The zero-order valence-corrected chi connectivity index (χ0v) is 11.3. The molecule has 2 heterocycles. The molecule has 1 fully saturated rings. The largest absolute Gasteiger partial charge is 0.408 e. The molecule has 6 nitrogen and oxygen atoms in total. The van der Waals surface area contributed by atoms with E-state index in [0.29, 0.717) is 6.01 Å². The van der Waals surface area contributed by atoms with Gasteiger partial charge in [0.05, 0.1) is 6.61 Å². The minimum atomic E-state index is 0.671. The van der Waals surface area contributed by atoms with Crippen LogP contribution in [0.1, 0.15) is 19.2 Å². The molecule has 0 aliphatic carbocycles. The number of nitrogens with zero attached hydrogens (tertiary/aromatic N) is 4. The highest BCUT2D eigenvalue weighted by molar-refractivity contribution is 5.25. The van der Waals surface area contributed by atoms with E-state index in [9.17, 15) is 0 Å². The van der Waals surface area contributed by atoms with Gasteiger partial charge in [-0.15, -0.1) is 5.10 Å². The van der Waals surface area contributed by atoms with Crippen LogP contribution in [-0.4, -0.2) is 61.5 Å². The van der Waals surface area contributed by atoms with Crippen molar-refractivity contribution in [3.63, 3.8) is 0 Å². The first kappa shape index (κ1) is 13.3. The number of rotatable bonds is 6. The average molecular weight is 254 g/mol. The molecule has 0 radical (unpaired) electrons. The van der Waals surface area contributed by atoms with E-state index in [-0.39, 0.29) is 0 Å². The quantitative estimate of drug-likeness (QED) is 0.748. The van der Waals surface area contributed by atoms with Crippen molar-refractivity contribution in [1.29, 1.82) is 0 Å². The Bertz CT molecular complexity index is 348. The Morgan fingerprint density at radius 2 is 2.00 bits per heavy atom. The van der Waals surface area contributed by atoms with Crippen LogP contribution >= 0.6 is 0 Å². The monoisotopic (exact) mass is 254 g/mol. The van der Waals surface area contributed by atoms with E-state index < -0.39 is 0 Å². The SMILES string of the molecule is CCCc1nnc(N2CCN(CCOC)CC2)o1. The molecule has 18 heavy (non-hydrogen) atoms. The lowest BCUT2D eigenvalue weighted by Crippen LogP contribution is -2.47. The summed E-state index contributed by atoms with van der Waals surface area (Å²) in [5.74, 6) is 0.745. The Morgan fingerprint density at radius 1 is 1.22 bits per heavy atom. The lowest BCUT2D eigenvalue weighted by Gasteiger charge is -2.33. The molecule has 1 aromatic heterocycles. The van der Waals surface area contributed by atoms with Gasteiger partial charge in [-0.05, 0) is 6.42 Å². The summed E-state index contributed by atoms with van der Waals surface area (Å²) in [6, 6.07) is 0.671. The normalized spacial score (nSPS) is 17.3. The van der Waals surface area contributed by atoms with Crippen molar-refractivity contribution >= 4 is 6.01 Å². The van der Waals surface area contributed by atoms with Crippen LogP contribution in [0.2, 0.25) is 0 Å². The predicted octanol–water partition coefficient (Wildman–Crippen LogP) is 0.790. The Balaban J connectivity index is 1.81. The van der Waals surface area contributed by atoms with Crippen molar-refractivity contribution < 1.29 is 9.15 Å². The zero-order valence-electron chi connectivity index (χ0n) is 11.3. The highest BCUT2D eigenvalue weighted by atomic mass is 16.5. The summed E-state index contributed by atoms with van der Waals surface area (Å²) < 4.78 is 10.7. The van der Waals surface area contributed by atoms with Gasteiger partial charge in [0.25, 0.3) is 0 Å². The summed E-state index contributed by atoms with van der Waals surface area (Å²) >= 11 is 0. The van der Waals surface area contributed by atoms with E-state index in [1.165, 1.54) is 0 Å². The first-order valence-electron chi connectivity index (χ1n) is 6.62. The number of anilines is 1. The van der Waals surface area contributed by atoms with E-state index in [1.807, 2.05) is 0 Å². The molecule has 1 aliphatic rings. The number of piperazine rings is 1. The van der Waals surface area contributed by atoms with Gasteiger partial charge >= 0.3 is 6.01 Å². The summed E-state index contributed by atoms with van der Waals surface area (Å²) in [4.78, 5) is 4.55. The van der Waals surface area contributed by atoms with Crippen LogP contribution in [0.15, 0.2) is 4.42 Å². The van der Waals surface area contributed by atoms with Crippen LogP contribution in [0, 0.1) is 0 Å². The summed E-state index contributed by atoms with van der Waals surface area (Å²) in [6.45, 7) is 7.83. The number of aromatic nitrogens is 2. The molecule has 0 bridgehead atoms. The van der Waals surface area contributed by atoms with Gasteiger partial charge in [-0.25, -0.2) is 0 Å². The average Bonchev–Trinajstić information content (AvgIpc) is 2.86. The minimum Gasteiger partial charge on any atom is -0.408 e. The van der Waals surface area contributed by atoms with E-state index >= 15 is 0 Å².